The SMILES string of the molecule is CN(C)C(=O)N1CCC[C@H](c2nnc(CN3CCCC3)n2C)C1. The fourth-order valence-corrected chi connectivity index (χ4v) is 3.65. The maximum absolute atomic E-state index is 12.2. The quantitative estimate of drug-likeness (QED) is 0.842. The maximum Gasteiger partial charge on any atom is 0.319 e. The molecule has 2 aliphatic heterocycles. The second-order valence-corrected chi connectivity index (χ2v) is 6.98. The molecular weight excluding hydrogens is 292 g/mol. The molecule has 1 atom stereocenters. The van der Waals surface area contributed by atoms with Crippen LogP contribution in [-0.4, -0.2) is 75.8 Å². The molecule has 7 nitrogen and oxygen atoms in total. The Morgan fingerprint density at radius 1 is 1.17 bits per heavy atom. The molecule has 3 heterocycles. The van der Waals surface area contributed by atoms with Crippen molar-refractivity contribution in [2.24, 2.45) is 7.05 Å². The van der Waals surface area contributed by atoms with Crippen LogP contribution in [0.25, 0.3) is 0 Å². The third-order valence-corrected chi connectivity index (χ3v) is 5.00. The zero-order valence-electron chi connectivity index (χ0n) is 14.5. The summed E-state index contributed by atoms with van der Waals surface area (Å²) in [5.41, 5.74) is 0. The van der Waals surface area contributed by atoms with Crippen LogP contribution in [0.15, 0.2) is 0 Å². The minimum Gasteiger partial charge on any atom is -0.331 e. The van der Waals surface area contributed by atoms with Crippen molar-refractivity contribution in [2.45, 2.75) is 38.1 Å². The highest BCUT2D eigenvalue weighted by atomic mass is 16.2. The molecule has 0 bridgehead atoms. The predicted octanol–water partition coefficient (Wildman–Crippen LogP) is 1.27. The number of likely N-dealkylation sites (tertiary alicyclic amines) is 2. The molecule has 2 saturated heterocycles. The largest absolute Gasteiger partial charge is 0.331 e. The number of carbonyl (C=O) groups is 1. The highest BCUT2D eigenvalue weighted by Crippen LogP contribution is 2.26. The summed E-state index contributed by atoms with van der Waals surface area (Å²) in [6.07, 6.45) is 4.68. The van der Waals surface area contributed by atoms with Gasteiger partial charge in [-0.1, -0.05) is 0 Å². The number of aromatic nitrogens is 3. The Morgan fingerprint density at radius 3 is 2.61 bits per heavy atom. The normalized spacial score (nSPS) is 22.6. The number of piperidine rings is 1. The van der Waals surface area contributed by atoms with Crippen LogP contribution in [-0.2, 0) is 13.6 Å². The Bertz CT molecular complexity index is 549. The second-order valence-electron chi connectivity index (χ2n) is 6.98. The van der Waals surface area contributed by atoms with Gasteiger partial charge in [-0.2, -0.15) is 0 Å². The van der Waals surface area contributed by atoms with Gasteiger partial charge < -0.3 is 14.4 Å². The van der Waals surface area contributed by atoms with Gasteiger partial charge in [0.25, 0.3) is 0 Å². The summed E-state index contributed by atoms with van der Waals surface area (Å²) >= 11 is 0. The minimum atomic E-state index is 0.0918. The van der Waals surface area contributed by atoms with E-state index >= 15 is 0 Å². The first-order valence-electron chi connectivity index (χ1n) is 8.63. The highest BCUT2D eigenvalue weighted by molar-refractivity contribution is 5.74. The van der Waals surface area contributed by atoms with Crippen molar-refractivity contribution >= 4 is 6.03 Å². The molecule has 0 aliphatic carbocycles. The molecule has 128 valence electrons. The molecule has 0 radical (unpaired) electrons. The molecule has 2 amide bonds. The Hall–Kier alpha value is -1.63. The van der Waals surface area contributed by atoms with Crippen molar-refractivity contribution in [3.8, 4) is 0 Å². The molecule has 2 aliphatic rings. The van der Waals surface area contributed by atoms with E-state index in [1.165, 1.54) is 12.8 Å². The summed E-state index contributed by atoms with van der Waals surface area (Å²) in [7, 11) is 5.68. The van der Waals surface area contributed by atoms with Gasteiger partial charge in [-0.05, 0) is 38.8 Å². The molecule has 0 aromatic carbocycles. The summed E-state index contributed by atoms with van der Waals surface area (Å²) < 4.78 is 2.15. The molecular formula is C16H28N6O. The summed E-state index contributed by atoms with van der Waals surface area (Å²) in [5, 5.41) is 8.87. The fraction of sp³-hybridized carbons (Fsp3) is 0.812. The first-order chi connectivity index (χ1) is 11.1. The lowest BCUT2D eigenvalue weighted by Crippen LogP contribution is -2.44. The number of amides is 2. The molecule has 2 fully saturated rings. The van der Waals surface area contributed by atoms with Gasteiger partial charge in [0.1, 0.15) is 11.6 Å². The van der Waals surface area contributed by atoms with Crippen LogP contribution < -0.4 is 0 Å². The number of urea groups is 1. The van der Waals surface area contributed by atoms with Crippen LogP contribution in [0, 0.1) is 0 Å². The molecule has 0 spiro atoms. The maximum atomic E-state index is 12.2. The second kappa shape index (κ2) is 6.86. The van der Waals surface area contributed by atoms with Gasteiger partial charge >= 0.3 is 6.03 Å². The lowest BCUT2D eigenvalue weighted by Gasteiger charge is -2.33. The third kappa shape index (κ3) is 3.49. The zero-order chi connectivity index (χ0) is 16.4. The van der Waals surface area contributed by atoms with Gasteiger partial charge in [0.15, 0.2) is 0 Å². The van der Waals surface area contributed by atoms with Gasteiger partial charge in [0.05, 0.1) is 6.54 Å². The molecule has 23 heavy (non-hydrogen) atoms. The molecule has 1 aromatic rings. The smallest absolute Gasteiger partial charge is 0.319 e. The summed E-state index contributed by atoms with van der Waals surface area (Å²) in [5.74, 6) is 2.35. The highest BCUT2D eigenvalue weighted by Gasteiger charge is 2.29. The number of nitrogens with zero attached hydrogens (tertiary/aromatic N) is 6. The van der Waals surface area contributed by atoms with Gasteiger partial charge in [-0.3, -0.25) is 4.90 Å². The minimum absolute atomic E-state index is 0.0918. The number of hydrogen-bond donors (Lipinski definition) is 0. The zero-order valence-corrected chi connectivity index (χ0v) is 14.5. The molecule has 1 aromatic heterocycles. The first kappa shape index (κ1) is 16.2. The van der Waals surface area contributed by atoms with Crippen molar-refractivity contribution in [3.63, 3.8) is 0 Å². The first-order valence-corrected chi connectivity index (χ1v) is 8.63. The fourth-order valence-electron chi connectivity index (χ4n) is 3.65. The van der Waals surface area contributed by atoms with Crippen LogP contribution >= 0.6 is 0 Å². The van der Waals surface area contributed by atoms with Crippen LogP contribution in [0.3, 0.4) is 0 Å². The van der Waals surface area contributed by atoms with E-state index in [-0.39, 0.29) is 11.9 Å². The van der Waals surface area contributed by atoms with E-state index < -0.39 is 0 Å². The standard InChI is InChI=1S/C16H28N6O/c1-19(2)16(23)22-10-6-7-13(11-22)15-18-17-14(20(15)3)12-21-8-4-5-9-21/h13H,4-12H2,1-3H3/t13-/m0/s1. The molecule has 0 saturated carbocycles. The van der Waals surface area contributed by atoms with E-state index in [4.69, 9.17) is 0 Å². The summed E-state index contributed by atoms with van der Waals surface area (Å²) in [4.78, 5) is 18.2. The van der Waals surface area contributed by atoms with Crippen molar-refractivity contribution in [1.29, 1.82) is 0 Å². The van der Waals surface area contributed by atoms with E-state index in [1.54, 1.807) is 4.90 Å². The number of rotatable bonds is 3. The molecule has 3 rings (SSSR count). The van der Waals surface area contributed by atoms with E-state index in [0.717, 1.165) is 57.2 Å². The van der Waals surface area contributed by atoms with E-state index in [0.29, 0.717) is 0 Å². The van der Waals surface area contributed by atoms with Gasteiger partial charge in [-0.25, -0.2) is 4.79 Å². The Morgan fingerprint density at radius 2 is 1.91 bits per heavy atom. The van der Waals surface area contributed by atoms with Crippen molar-refractivity contribution in [3.05, 3.63) is 11.6 Å². The van der Waals surface area contributed by atoms with Crippen LogP contribution in [0.4, 0.5) is 4.79 Å². The molecule has 0 unspecified atom stereocenters. The Labute approximate surface area is 138 Å². The number of carbonyl (C=O) groups excluding carboxylic acids is 1. The average molecular weight is 320 g/mol. The average Bonchev–Trinajstić information content (AvgIpc) is 3.18. The lowest BCUT2D eigenvalue weighted by molar-refractivity contribution is 0.153. The van der Waals surface area contributed by atoms with Crippen molar-refractivity contribution < 1.29 is 4.79 Å². The van der Waals surface area contributed by atoms with Crippen LogP contribution in [0.2, 0.25) is 0 Å². The molecule has 0 N–H and O–H groups in total. The van der Waals surface area contributed by atoms with Crippen molar-refractivity contribution in [2.75, 3.05) is 40.3 Å². The Balaban J connectivity index is 1.68. The van der Waals surface area contributed by atoms with Crippen LogP contribution in [0.5, 0.6) is 0 Å². The topological polar surface area (TPSA) is 57.5 Å². The monoisotopic (exact) mass is 320 g/mol. The summed E-state index contributed by atoms with van der Waals surface area (Å²) in [6, 6.07) is 0.0918. The molecule has 7 heteroatoms. The van der Waals surface area contributed by atoms with Gasteiger partial charge in [0.2, 0.25) is 0 Å². The lowest BCUT2D eigenvalue weighted by atomic mass is 9.97. The van der Waals surface area contributed by atoms with Crippen molar-refractivity contribution in [1.82, 2.24) is 29.5 Å². The Kier molecular flexibility index (Phi) is 4.84. The van der Waals surface area contributed by atoms with Gasteiger partial charge in [0, 0.05) is 40.2 Å². The summed E-state index contributed by atoms with van der Waals surface area (Å²) in [6.45, 7) is 4.79. The predicted molar refractivity (Wildman–Crippen MR) is 88.1 cm³/mol. The van der Waals surface area contributed by atoms with E-state index in [1.807, 2.05) is 19.0 Å². The van der Waals surface area contributed by atoms with Gasteiger partial charge in [-0.15, -0.1) is 10.2 Å². The van der Waals surface area contributed by atoms with E-state index in [2.05, 4.69) is 26.7 Å². The van der Waals surface area contributed by atoms with Crippen LogP contribution in [0.1, 0.15) is 43.3 Å². The van der Waals surface area contributed by atoms with E-state index in [9.17, 15) is 4.79 Å². The number of hydrogen-bond acceptors (Lipinski definition) is 4. The third-order valence-electron chi connectivity index (χ3n) is 5.00.